The van der Waals surface area contributed by atoms with Gasteiger partial charge in [0, 0.05) is 10.7 Å². The largest absolute Gasteiger partial charge is 0.305 e. The molecular formula is C25H19BrN4O3S. The molecule has 170 valence electrons. The number of halogens is 1. The van der Waals surface area contributed by atoms with Crippen molar-refractivity contribution in [1.82, 2.24) is 14.0 Å². The highest BCUT2D eigenvalue weighted by atomic mass is 79.9. The molecule has 9 heteroatoms. The minimum Gasteiger partial charge on any atom is -0.305 e. The molecule has 0 aliphatic heterocycles. The van der Waals surface area contributed by atoms with Gasteiger partial charge in [0.15, 0.2) is 0 Å². The molecule has 1 N–H and O–H groups in total. The number of sulfone groups is 1. The summed E-state index contributed by atoms with van der Waals surface area (Å²) < 4.78 is 30.8. The van der Waals surface area contributed by atoms with Crippen LogP contribution < -0.4 is 11.0 Å². The average molecular weight is 535 g/mol. The summed E-state index contributed by atoms with van der Waals surface area (Å²) in [6.45, 7) is 2.04. The lowest BCUT2D eigenvalue weighted by Crippen LogP contribution is -2.30. The second-order valence-corrected chi connectivity index (χ2v) is 10.8. The predicted octanol–water partition coefficient (Wildman–Crippen LogP) is 4.08. The molecule has 0 spiro atoms. The second kappa shape index (κ2) is 8.34. The Morgan fingerprint density at radius 1 is 0.971 bits per heavy atom. The molecule has 3 aromatic heterocycles. The van der Waals surface area contributed by atoms with Crippen LogP contribution in [0.25, 0.3) is 16.7 Å². The fraction of sp³-hybridized carbons (Fsp3) is 0.0800. The van der Waals surface area contributed by atoms with E-state index in [0.717, 1.165) is 15.6 Å². The average Bonchev–Trinajstić information content (AvgIpc) is 2.82. The van der Waals surface area contributed by atoms with E-state index in [1.807, 2.05) is 43.3 Å². The van der Waals surface area contributed by atoms with Crippen molar-refractivity contribution < 1.29 is 8.42 Å². The van der Waals surface area contributed by atoms with Crippen LogP contribution in [0, 0.1) is 12.3 Å². The van der Waals surface area contributed by atoms with E-state index in [0.29, 0.717) is 5.65 Å². The summed E-state index contributed by atoms with van der Waals surface area (Å²) in [5.41, 5.74) is 1.76. The van der Waals surface area contributed by atoms with Gasteiger partial charge in [0.25, 0.3) is 5.56 Å². The molecule has 0 saturated carbocycles. The van der Waals surface area contributed by atoms with Crippen LogP contribution >= 0.6 is 15.9 Å². The van der Waals surface area contributed by atoms with Crippen molar-refractivity contribution in [1.29, 1.82) is 5.41 Å². The molecular weight excluding hydrogens is 516 g/mol. The Labute approximate surface area is 203 Å². The van der Waals surface area contributed by atoms with Gasteiger partial charge in [-0.15, -0.1) is 0 Å². The summed E-state index contributed by atoms with van der Waals surface area (Å²) in [7, 11) is -4.08. The smallest absolute Gasteiger partial charge is 0.267 e. The number of fused-ring (bicyclic) bond motifs is 2. The number of aromatic nitrogens is 3. The maximum absolute atomic E-state index is 13.6. The molecule has 0 aliphatic rings. The van der Waals surface area contributed by atoms with Crippen LogP contribution in [0.3, 0.4) is 0 Å². The highest BCUT2D eigenvalue weighted by Gasteiger charge is 2.24. The minimum atomic E-state index is -4.08. The molecule has 0 unspecified atom stereocenters. The van der Waals surface area contributed by atoms with E-state index in [9.17, 15) is 13.2 Å². The summed E-state index contributed by atoms with van der Waals surface area (Å²) in [5, 5.41) is 9.01. The standard InChI is InChI=1S/C25H19BrN4O3S/c1-16-6-5-13-29-23(16)28-24-20(25(29)31)14-21(34(32,33)19-11-9-18(26)10-12-19)22(27)30(24)15-17-7-3-2-4-8-17/h2-14,27H,15H2,1H3. The summed E-state index contributed by atoms with van der Waals surface area (Å²) in [4.78, 5) is 18.0. The summed E-state index contributed by atoms with van der Waals surface area (Å²) in [6, 6.07) is 20.4. The van der Waals surface area contributed by atoms with Gasteiger partial charge < -0.3 is 4.57 Å². The quantitative estimate of drug-likeness (QED) is 0.351. The third-order valence-electron chi connectivity index (χ3n) is 5.70. The van der Waals surface area contributed by atoms with Crippen molar-refractivity contribution in [3.05, 3.63) is 110 Å². The van der Waals surface area contributed by atoms with E-state index in [1.165, 1.54) is 27.2 Å². The Balaban J connectivity index is 1.89. The van der Waals surface area contributed by atoms with E-state index < -0.39 is 15.4 Å². The highest BCUT2D eigenvalue weighted by Crippen LogP contribution is 2.23. The Morgan fingerprint density at radius 2 is 1.68 bits per heavy atom. The molecule has 0 saturated heterocycles. The van der Waals surface area contributed by atoms with Gasteiger partial charge in [0.1, 0.15) is 21.7 Å². The predicted molar refractivity (Wildman–Crippen MR) is 133 cm³/mol. The van der Waals surface area contributed by atoms with E-state index in [-0.39, 0.29) is 32.9 Å². The number of benzene rings is 2. The first-order valence-electron chi connectivity index (χ1n) is 10.4. The normalized spacial score (nSPS) is 11.8. The Bertz CT molecular complexity index is 1790. The molecule has 5 rings (SSSR count). The lowest BCUT2D eigenvalue weighted by Gasteiger charge is -2.16. The van der Waals surface area contributed by atoms with Gasteiger partial charge in [-0.25, -0.2) is 13.4 Å². The zero-order valence-electron chi connectivity index (χ0n) is 18.1. The van der Waals surface area contributed by atoms with Gasteiger partial charge in [0.2, 0.25) is 9.84 Å². The maximum atomic E-state index is 13.6. The van der Waals surface area contributed by atoms with E-state index >= 15 is 0 Å². The molecule has 34 heavy (non-hydrogen) atoms. The molecule has 3 heterocycles. The zero-order chi connectivity index (χ0) is 24.0. The van der Waals surface area contributed by atoms with E-state index in [2.05, 4.69) is 15.9 Å². The van der Waals surface area contributed by atoms with Crippen molar-refractivity contribution in [2.24, 2.45) is 0 Å². The minimum absolute atomic E-state index is 0.0412. The lowest BCUT2D eigenvalue weighted by molar-refractivity contribution is 0.591. The number of hydrogen-bond donors (Lipinski definition) is 1. The molecule has 0 atom stereocenters. The van der Waals surface area contributed by atoms with Crippen LogP contribution in [0.15, 0.2) is 98.1 Å². The van der Waals surface area contributed by atoms with Crippen LogP contribution in [-0.4, -0.2) is 22.4 Å². The third kappa shape index (κ3) is 3.66. The molecule has 0 fully saturated rings. The molecule has 0 bridgehead atoms. The monoisotopic (exact) mass is 534 g/mol. The summed E-state index contributed by atoms with van der Waals surface area (Å²) in [5.74, 6) is 0. The Kier molecular flexibility index (Phi) is 5.45. The SMILES string of the molecule is Cc1cccn2c(=O)c3cc(S(=O)(=O)c4ccc(Br)cc4)c(=N)n(Cc4ccccc4)c3nc12. The first-order valence-corrected chi connectivity index (χ1v) is 12.7. The fourth-order valence-electron chi connectivity index (χ4n) is 3.94. The van der Waals surface area contributed by atoms with Crippen molar-refractivity contribution in [3.63, 3.8) is 0 Å². The molecule has 0 aliphatic carbocycles. The fourth-order valence-corrected chi connectivity index (χ4v) is 5.59. The van der Waals surface area contributed by atoms with Gasteiger partial charge in [-0.1, -0.05) is 52.3 Å². The van der Waals surface area contributed by atoms with Crippen molar-refractivity contribution in [3.8, 4) is 0 Å². The van der Waals surface area contributed by atoms with E-state index in [1.54, 1.807) is 24.4 Å². The van der Waals surface area contributed by atoms with Crippen LogP contribution in [-0.2, 0) is 16.4 Å². The molecule has 0 amide bonds. The van der Waals surface area contributed by atoms with Crippen LogP contribution in [0.2, 0.25) is 0 Å². The number of hydrogen-bond acceptors (Lipinski definition) is 5. The van der Waals surface area contributed by atoms with Crippen molar-refractivity contribution in [2.45, 2.75) is 23.3 Å². The third-order valence-corrected chi connectivity index (χ3v) is 8.01. The topological polar surface area (TPSA) is 97.3 Å². The summed E-state index contributed by atoms with van der Waals surface area (Å²) >= 11 is 3.31. The highest BCUT2D eigenvalue weighted by molar-refractivity contribution is 9.10. The van der Waals surface area contributed by atoms with Crippen LogP contribution in [0.4, 0.5) is 0 Å². The zero-order valence-corrected chi connectivity index (χ0v) is 20.5. The second-order valence-electron chi connectivity index (χ2n) is 7.93. The molecule has 5 aromatic rings. The van der Waals surface area contributed by atoms with Crippen LogP contribution in [0.1, 0.15) is 11.1 Å². The van der Waals surface area contributed by atoms with Crippen molar-refractivity contribution >= 4 is 42.4 Å². The molecule has 7 nitrogen and oxygen atoms in total. The number of rotatable bonds is 4. The number of nitrogens with one attached hydrogen (secondary N) is 1. The number of pyridine rings is 2. The van der Waals surface area contributed by atoms with Gasteiger partial charge in [0.05, 0.1) is 16.8 Å². The van der Waals surface area contributed by atoms with Gasteiger partial charge in [-0.05, 0) is 54.4 Å². The molecule has 2 aromatic carbocycles. The number of aryl methyl sites for hydroxylation is 1. The lowest BCUT2D eigenvalue weighted by atomic mass is 10.2. The first kappa shape index (κ1) is 22.2. The number of nitrogens with zero attached hydrogens (tertiary/aromatic N) is 3. The Hall–Kier alpha value is -3.56. The summed E-state index contributed by atoms with van der Waals surface area (Å²) in [6.07, 6.45) is 1.61. The van der Waals surface area contributed by atoms with Crippen LogP contribution in [0.5, 0.6) is 0 Å². The molecule has 0 radical (unpaired) electrons. The van der Waals surface area contributed by atoms with Crippen molar-refractivity contribution in [2.75, 3.05) is 0 Å². The van der Waals surface area contributed by atoms with Gasteiger partial charge in [-0.2, -0.15) is 0 Å². The van der Waals surface area contributed by atoms with Gasteiger partial charge in [-0.3, -0.25) is 14.6 Å². The van der Waals surface area contributed by atoms with Gasteiger partial charge >= 0.3 is 0 Å². The first-order chi connectivity index (χ1) is 16.3. The Morgan fingerprint density at radius 3 is 2.38 bits per heavy atom. The maximum Gasteiger partial charge on any atom is 0.267 e. The van der Waals surface area contributed by atoms with E-state index in [4.69, 9.17) is 10.4 Å².